The Bertz CT molecular complexity index is 3850. The molecule has 2 heteroatoms. The lowest BCUT2D eigenvalue weighted by atomic mass is 9.89. The zero-order valence-corrected chi connectivity index (χ0v) is 41.1. The van der Waals surface area contributed by atoms with Gasteiger partial charge >= 0.3 is 0 Å². The number of rotatable bonds is 4. The Balaban J connectivity index is 1.12. The first-order valence-electron chi connectivity index (χ1n) is 24.0. The normalized spacial score (nSPS) is 11.5. The van der Waals surface area contributed by atoms with Crippen molar-refractivity contribution in [1.82, 2.24) is 0 Å². The summed E-state index contributed by atoms with van der Waals surface area (Å²) in [5, 5.41) is 18.7. The molecule has 0 spiro atoms. The van der Waals surface area contributed by atoms with E-state index >= 15 is 0 Å². The van der Waals surface area contributed by atoms with Crippen LogP contribution >= 0.6 is 0 Å². The molecule has 0 aliphatic carbocycles. The average molecular weight is 919 g/mol. The van der Waals surface area contributed by atoms with Crippen LogP contribution in [0.25, 0.3) is 64.6 Å². The largest absolute Gasteiger partial charge is 0.196 e. The Hall–Kier alpha value is -8.69. The first-order valence-corrected chi connectivity index (χ1v) is 29.0. The summed E-state index contributed by atoms with van der Waals surface area (Å²) in [6.07, 6.45) is 0. The van der Waals surface area contributed by atoms with Gasteiger partial charge in [-0.05, 0) is 110 Å². The molecule has 12 rings (SSSR count). The molecule has 0 aromatic heterocycles. The van der Waals surface area contributed by atoms with E-state index in [-0.39, 0.29) is 0 Å². The van der Waals surface area contributed by atoms with E-state index in [0.717, 1.165) is 65.3 Å². The first-order chi connectivity index (χ1) is 34.5. The Morgan fingerprint density at radius 1 is 0.229 bits per heavy atom. The SMILES string of the molecule is C[Si](C#Cc1c2ccccc2c(C#Cc2c3ccccc3c(C#C[Si](C)(c3ccccc3)c3ccccc3)c3cc4ccccc4cc23)c2cc3ccccc3cc12)(c1ccccc1)c1ccccc1. The van der Waals surface area contributed by atoms with Crippen LogP contribution in [-0.2, 0) is 0 Å². The monoisotopic (exact) mass is 918 g/mol. The second kappa shape index (κ2) is 17.8. The van der Waals surface area contributed by atoms with Gasteiger partial charge in [0.1, 0.15) is 0 Å². The lowest BCUT2D eigenvalue weighted by molar-refractivity contribution is 1.70. The molecule has 326 valence electrons. The van der Waals surface area contributed by atoms with E-state index in [1.165, 1.54) is 42.3 Å². The summed E-state index contributed by atoms with van der Waals surface area (Å²) in [5.74, 6) is 15.6. The maximum atomic E-state index is 4.00. The maximum absolute atomic E-state index is 4.00. The summed E-state index contributed by atoms with van der Waals surface area (Å²) in [7, 11) is -5.02. The smallest absolute Gasteiger partial charge is 0.115 e. The van der Waals surface area contributed by atoms with Crippen LogP contribution in [0.5, 0.6) is 0 Å². The third-order valence-electron chi connectivity index (χ3n) is 14.4. The van der Waals surface area contributed by atoms with Crippen molar-refractivity contribution in [3.05, 3.63) is 265 Å². The lowest BCUT2D eigenvalue weighted by Crippen LogP contribution is -2.54. The van der Waals surface area contributed by atoms with Gasteiger partial charge in [0.15, 0.2) is 16.1 Å². The summed E-state index contributed by atoms with van der Waals surface area (Å²) >= 11 is 0. The lowest BCUT2D eigenvalue weighted by Gasteiger charge is -2.22. The van der Waals surface area contributed by atoms with Crippen LogP contribution in [-0.4, -0.2) is 16.1 Å². The highest BCUT2D eigenvalue weighted by molar-refractivity contribution is 7.07. The minimum atomic E-state index is -2.51. The van der Waals surface area contributed by atoms with Crippen molar-refractivity contribution in [1.29, 1.82) is 0 Å². The molecule has 0 aliphatic rings. The number of fused-ring (bicyclic) bond motifs is 6. The molecule has 0 aliphatic heterocycles. The van der Waals surface area contributed by atoms with Crippen LogP contribution in [0, 0.1) is 34.8 Å². The number of hydrogen-bond acceptors (Lipinski definition) is 0. The van der Waals surface area contributed by atoms with Gasteiger partial charge in [0.05, 0.1) is 0 Å². The van der Waals surface area contributed by atoms with Crippen molar-refractivity contribution < 1.29 is 0 Å². The van der Waals surface area contributed by atoms with Crippen LogP contribution < -0.4 is 20.7 Å². The summed E-state index contributed by atoms with van der Waals surface area (Å²) in [4.78, 5) is 0. The predicted molar refractivity (Wildman–Crippen MR) is 305 cm³/mol. The fraction of sp³-hybridized carbons (Fsp3) is 0.0294. The Morgan fingerprint density at radius 3 is 0.700 bits per heavy atom. The molecular weight excluding hydrogens is 873 g/mol. The Morgan fingerprint density at radius 2 is 0.443 bits per heavy atom. The van der Waals surface area contributed by atoms with Crippen molar-refractivity contribution in [2.24, 2.45) is 0 Å². The van der Waals surface area contributed by atoms with Gasteiger partial charge in [0.25, 0.3) is 0 Å². The van der Waals surface area contributed by atoms with Crippen molar-refractivity contribution >= 4 is 102 Å². The molecule has 0 fully saturated rings. The first kappa shape index (κ1) is 42.7. The van der Waals surface area contributed by atoms with Crippen LogP contribution in [0.4, 0.5) is 0 Å². The molecule has 0 radical (unpaired) electrons. The third kappa shape index (κ3) is 7.47. The van der Waals surface area contributed by atoms with E-state index in [4.69, 9.17) is 0 Å². The van der Waals surface area contributed by atoms with Crippen molar-refractivity contribution in [2.75, 3.05) is 0 Å². The standard InChI is InChI=1S/C68H46Si2/c1-69(53-27-7-3-8-28-53,54-29-9-4-10-30-54)43-41-63-59-37-21-19-35-57(59)61(65-45-49-23-15-17-25-51(49)47-67(63)65)39-40-62-58-36-20-22-38-60(58)64(68-48-52-26-18-16-24-50(52)46-66(62)68)42-44-70(2,55-31-11-5-12-32-55)56-33-13-6-14-34-56/h3-38,45-48H,1-2H3. The maximum Gasteiger partial charge on any atom is 0.196 e. The summed E-state index contributed by atoms with van der Waals surface area (Å²) in [6, 6.07) is 87.6. The fourth-order valence-corrected chi connectivity index (χ4v) is 15.9. The summed E-state index contributed by atoms with van der Waals surface area (Å²) in [6.45, 7) is 4.76. The topological polar surface area (TPSA) is 0 Å². The Labute approximate surface area is 411 Å². The van der Waals surface area contributed by atoms with Crippen molar-refractivity contribution in [3.8, 4) is 34.8 Å². The van der Waals surface area contributed by atoms with Gasteiger partial charge in [-0.3, -0.25) is 0 Å². The van der Waals surface area contributed by atoms with E-state index < -0.39 is 16.1 Å². The molecule has 0 saturated carbocycles. The zero-order chi connectivity index (χ0) is 47.1. The van der Waals surface area contributed by atoms with Crippen molar-refractivity contribution in [3.63, 3.8) is 0 Å². The van der Waals surface area contributed by atoms with Gasteiger partial charge in [-0.25, -0.2) is 0 Å². The quantitative estimate of drug-likeness (QED) is 0.0937. The number of hydrogen-bond donors (Lipinski definition) is 0. The number of benzene rings is 12. The minimum absolute atomic E-state index is 1.00. The molecule has 0 atom stereocenters. The van der Waals surface area contributed by atoms with E-state index in [1.54, 1.807) is 0 Å². The zero-order valence-electron chi connectivity index (χ0n) is 39.1. The molecule has 0 N–H and O–H groups in total. The second-order valence-electron chi connectivity index (χ2n) is 18.5. The highest BCUT2D eigenvalue weighted by Crippen LogP contribution is 2.38. The second-order valence-corrected chi connectivity index (χ2v) is 25.9. The average Bonchev–Trinajstić information content (AvgIpc) is 3.43. The molecule has 12 aromatic rings. The Kier molecular flexibility index (Phi) is 10.8. The highest BCUT2D eigenvalue weighted by Gasteiger charge is 2.31. The van der Waals surface area contributed by atoms with Gasteiger partial charge in [-0.2, -0.15) is 0 Å². The van der Waals surface area contributed by atoms with E-state index in [9.17, 15) is 0 Å². The highest BCUT2D eigenvalue weighted by atomic mass is 28.3. The fourth-order valence-electron chi connectivity index (χ4n) is 10.5. The molecule has 12 aromatic carbocycles. The summed E-state index contributed by atoms with van der Waals surface area (Å²) < 4.78 is 0. The third-order valence-corrected chi connectivity index (χ3v) is 21.6. The minimum Gasteiger partial charge on any atom is -0.115 e. The van der Waals surface area contributed by atoms with E-state index in [1.807, 2.05) is 0 Å². The van der Waals surface area contributed by atoms with E-state index in [0.29, 0.717) is 0 Å². The molecule has 0 bridgehead atoms. The molecule has 0 nitrogen and oxygen atoms in total. The van der Waals surface area contributed by atoms with Crippen LogP contribution in [0.1, 0.15) is 22.3 Å². The summed E-state index contributed by atoms with van der Waals surface area (Å²) in [5.41, 5.74) is 12.1. The molecule has 70 heavy (non-hydrogen) atoms. The predicted octanol–water partition coefficient (Wildman–Crippen LogP) is 13.6. The van der Waals surface area contributed by atoms with Gasteiger partial charge in [-0.15, -0.1) is 11.1 Å². The van der Waals surface area contributed by atoms with Crippen LogP contribution in [0.3, 0.4) is 0 Å². The molecule has 0 saturated heterocycles. The van der Waals surface area contributed by atoms with Crippen molar-refractivity contribution in [2.45, 2.75) is 13.1 Å². The molecule has 0 unspecified atom stereocenters. The van der Waals surface area contributed by atoms with Gasteiger partial charge in [0.2, 0.25) is 0 Å². The molecular formula is C68H46Si2. The van der Waals surface area contributed by atoms with Gasteiger partial charge in [-0.1, -0.05) is 255 Å². The van der Waals surface area contributed by atoms with E-state index in [2.05, 4.69) is 291 Å². The van der Waals surface area contributed by atoms with Gasteiger partial charge < -0.3 is 0 Å². The van der Waals surface area contributed by atoms with Crippen LogP contribution in [0.15, 0.2) is 243 Å². The molecule has 0 heterocycles. The van der Waals surface area contributed by atoms with Crippen LogP contribution in [0.2, 0.25) is 13.1 Å². The van der Waals surface area contributed by atoms with Gasteiger partial charge in [0, 0.05) is 22.3 Å². The molecule has 0 amide bonds.